The Morgan fingerprint density at radius 3 is 2.82 bits per heavy atom. The molecule has 0 bridgehead atoms. The number of carbonyl (C=O) groups excluding carboxylic acids is 1. The Morgan fingerprint density at radius 2 is 2.18 bits per heavy atom. The third kappa shape index (κ3) is 1.95. The molecule has 0 radical (unpaired) electrons. The highest BCUT2D eigenvalue weighted by molar-refractivity contribution is 5.76. The van der Waals surface area contributed by atoms with Crippen LogP contribution < -0.4 is 5.32 Å². The van der Waals surface area contributed by atoms with Crippen molar-refractivity contribution in [1.82, 2.24) is 5.32 Å². The molecule has 0 aromatic heterocycles. The van der Waals surface area contributed by atoms with E-state index in [1.807, 2.05) is 0 Å². The Kier molecular flexibility index (Phi) is 2.21. The molecule has 2 nitrogen and oxygen atoms in total. The zero-order chi connectivity index (χ0) is 8.48. The maximum absolute atomic E-state index is 11.1. The van der Waals surface area contributed by atoms with E-state index in [1.165, 1.54) is 0 Å². The Balaban J connectivity index is 2.65. The summed E-state index contributed by atoms with van der Waals surface area (Å²) in [6.45, 7) is 7.47. The summed E-state index contributed by atoms with van der Waals surface area (Å²) in [6, 6.07) is 0. The molecule has 0 saturated carbocycles. The summed E-state index contributed by atoms with van der Waals surface area (Å²) in [5.74, 6) is 0.716. The first-order valence-corrected chi connectivity index (χ1v) is 4.29. The molecule has 1 amide bonds. The summed E-state index contributed by atoms with van der Waals surface area (Å²) in [4.78, 5) is 11.1. The summed E-state index contributed by atoms with van der Waals surface area (Å²) in [5.41, 5.74) is 0.319. The van der Waals surface area contributed by atoms with Crippen LogP contribution in [0, 0.1) is 11.3 Å². The summed E-state index contributed by atoms with van der Waals surface area (Å²) >= 11 is 0. The van der Waals surface area contributed by atoms with Crippen molar-refractivity contribution >= 4 is 5.91 Å². The van der Waals surface area contributed by atoms with E-state index in [-0.39, 0.29) is 5.91 Å². The van der Waals surface area contributed by atoms with Crippen molar-refractivity contribution in [1.29, 1.82) is 0 Å². The smallest absolute Gasteiger partial charge is 0.220 e. The van der Waals surface area contributed by atoms with Crippen molar-refractivity contribution in [3.05, 3.63) is 0 Å². The van der Waals surface area contributed by atoms with Crippen LogP contribution in [0.3, 0.4) is 0 Å². The van der Waals surface area contributed by atoms with Gasteiger partial charge in [-0.05, 0) is 17.8 Å². The van der Waals surface area contributed by atoms with Crippen LogP contribution in [0.1, 0.15) is 33.6 Å². The minimum atomic E-state index is 0.211. The van der Waals surface area contributed by atoms with E-state index in [0.717, 1.165) is 13.0 Å². The Morgan fingerprint density at radius 1 is 1.55 bits per heavy atom. The molecule has 1 saturated heterocycles. The van der Waals surface area contributed by atoms with E-state index in [0.29, 0.717) is 17.8 Å². The first-order valence-electron chi connectivity index (χ1n) is 4.29. The van der Waals surface area contributed by atoms with Crippen molar-refractivity contribution in [2.24, 2.45) is 11.3 Å². The molecular weight excluding hydrogens is 138 g/mol. The predicted molar refractivity (Wildman–Crippen MR) is 45.2 cm³/mol. The van der Waals surface area contributed by atoms with Crippen molar-refractivity contribution in [3.63, 3.8) is 0 Å². The lowest BCUT2D eigenvalue weighted by atomic mass is 9.76. The lowest BCUT2D eigenvalue weighted by Gasteiger charge is -2.28. The van der Waals surface area contributed by atoms with Gasteiger partial charge in [-0.25, -0.2) is 0 Å². The highest BCUT2D eigenvalue weighted by Gasteiger charge is 2.29. The summed E-state index contributed by atoms with van der Waals surface area (Å²) in [7, 11) is 0. The topological polar surface area (TPSA) is 29.1 Å². The molecule has 1 atom stereocenters. The Bertz CT molecular complexity index is 163. The summed E-state index contributed by atoms with van der Waals surface area (Å²) in [5, 5.41) is 2.89. The second-order valence-electron chi connectivity index (χ2n) is 4.19. The number of hydrogen-bond donors (Lipinski definition) is 1. The highest BCUT2D eigenvalue weighted by atomic mass is 16.1. The second-order valence-corrected chi connectivity index (χ2v) is 4.19. The van der Waals surface area contributed by atoms with Crippen molar-refractivity contribution in [2.45, 2.75) is 33.6 Å². The zero-order valence-electron chi connectivity index (χ0n) is 7.61. The van der Waals surface area contributed by atoms with Gasteiger partial charge >= 0.3 is 0 Å². The van der Waals surface area contributed by atoms with Crippen LogP contribution in [0.2, 0.25) is 0 Å². The molecule has 0 aliphatic carbocycles. The van der Waals surface area contributed by atoms with Gasteiger partial charge in [-0.15, -0.1) is 0 Å². The van der Waals surface area contributed by atoms with Crippen LogP contribution in [0.15, 0.2) is 0 Å². The standard InChI is InChI=1S/C9H17NO/c1-7-6-8(11)10-5-4-9(7,2)3/h7H,4-6H2,1-3H3,(H,10,11)/t7-/m0/s1. The van der Waals surface area contributed by atoms with Gasteiger partial charge in [-0.3, -0.25) is 4.79 Å². The van der Waals surface area contributed by atoms with E-state index < -0.39 is 0 Å². The van der Waals surface area contributed by atoms with E-state index in [4.69, 9.17) is 0 Å². The quantitative estimate of drug-likeness (QED) is 0.565. The minimum absolute atomic E-state index is 0.211. The van der Waals surface area contributed by atoms with Gasteiger partial charge in [0.25, 0.3) is 0 Å². The molecule has 0 aromatic carbocycles. The molecule has 1 aliphatic rings. The Hall–Kier alpha value is -0.530. The maximum atomic E-state index is 11.1. The van der Waals surface area contributed by atoms with Gasteiger partial charge in [0.15, 0.2) is 0 Å². The van der Waals surface area contributed by atoms with Gasteiger partial charge in [0.2, 0.25) is 5.91 Å². The van der Waals surface area contributed by atoms with Crippen LogP contribution in [0.25, 0.3) is 0 Å². The summed E-state index contributed by atoms with van der Waals surface area (Å²) in [6.07, 6.45) is 1.78. The van der Waals surface area contributed by atoms with Gasteiger partial charge in [0.05, 0.1) is 0 Å². The van der Waals surface area contributed by atoms with E-state index in [9.17, 15) is 4.79 Å². The van der Waals surface area contributed by atoms with Crippen LogP contribution in [-0.4, -0.2) is 12.5 Å². The van der Waals surface area contributed by atoms with E-state index in [1.54, 1.807) is 0 Å². The molecule has 2 heteroatoms. The fraction of sp³-hybridized carbons (Fsp3) is 0.889. The van der Waals surface area contributed by atoms with Crippen LogP contribution >= 0.6 is 0 Å². The third-order valence-electron chi connectivity index (χ3n) is 2.92. The van der Waals surface area contributed by atoms with Gasteiger partial charge < -0.3 is 5.32 Å². The molecule has 1 heterocycles. The van der Waals surface area contributed by atoms with Crippen LogP contribution in [-0.2, 0) is 4.79 Å². The molecule has 0 aromatic rings. The maximum Gasteiger partial charge on any atom is 0.220 e. The largest absolute Gasteiger partial charge is 0.356 e. The summed E-state index contributed by atoms with van der Waals surface area (Å²) < 4.78 is 0. The van der Waals surface area contributed by atoms with Gasteiger partial charge in [-0.2, -0.15) is 0 Å². The Labute approximate surface area is 68.4 Å². The number of rotatable bonds is 0. The number of amides is 1. The third-order valence-corrected chi connectivity index (χ3v) is 2.92. The molecule has 1 aliphatic heterocycles. The number of nitrogens with one attached hydrogen (secondary N) is 1. The first-order chi connectivity index (χ1) is 5.02. The van der Waals surface area contributed by atoms with Crippen molar-refractivity contribution < 1.29 is 4.79 Å². The fourth-order valence-electron chi connectivity index (χ4n) is 1.40. The van der Waals surface area contributed by atoms with Crippen LogP contribution in [0.5, 0.6) is 0 Å². The fourth-order valence-corrected chi connectivity index (χ4v) is 1.40. The average molecular weight is 155 g/mol. The number of hydrogen-bond acceptors (Lipinski definition) is 1. The lowest BCUT2D eigenvalue weighted by molar-refractivity contribution is -0.121. The average Bonchev–Trinajstić information content (AvgIpc) is 1.94. The normalized spacial score (nSPS) is 30.8. The number of carbonyl (C=O) groups is 1. The van der Waals surface area contributed by atoms with Crippen LogP contribution in [0.4, 0.5) is 0 Å². The molecule has 0 spiro atoms. The van der Waals surface area contributed by atoms with Crippen molar-refractivity contribution in [2.75, 3.05) is 6.54 Å². The minimum Gasteiger partial charge on any atom is -0.356 e. The first kappa shape index (κ1) is 8.57. The van der Waals surface area contributed by atoms with E-state index in [2.05, 4.69) is 26.1 Å². The molecule has 1 fully saturated rings. The monoisotopic (exact) mass is 155 g/mol. The van der Waals surface area contributed by atoms with Gasteiger partial charge in [0.1, 0.15) is 0 Å². The molecule has 11 heavy (non-hydrogen) atoms. The molecule has 64 valence electrons. The predicted octanol–water partition coefficient (Wildman–Crippen LogP) is 1.56. The SMILES string of the molecule is C[C@H]1CC(=O)NCCC1(C)C. The molecule has 1 N–H and O–H groups in total. The van der Waals surface area contributed by atoms with Gasteiger partial charge in [-0.1, -0.05) is 20.8 Å². The van der Waals surface area contributed by atoms with Crippen molar-refractivity contribution in [3.8, 4) is 0 Å². The lowest BCUT2D eigenvalue weighted by Crippen LogP contribution is -2.22. The molecule has 0 unspecified atom stereocenters. The van der Waals surface area contributed by atoms with E-state index >= 15 is 0 Å². The second kappa shape index (κ2) is 2.84. The zero-order valence-corrected chi connectivity index (χ0v) is 7.61. The van der Waals surface area contributed by atoms with Gasteiger partial charge in [0, 0.05) is 13.0 Å². The highest BCUT2D eigenvalue weighted by Crippen LogP contribution is 2.33. The molecule has 1 rings (SSSR count). The molecular formula is C9H17NO.